The topological polar surface area (TPSA) is 31.4 Å². The maximum absolute atomic E-state index is 4.47. The van der Waals surface area contributed by atoms with Crippen molar-refractivity contribution in [3.63, 3.8) is 0 Å². The summed E-state index contributed by atoms with van der Waals surface area (Å²) in [6.07, 6.45) is 3.20. The van der Waals surface area contributed by atoms with E-state index in [1.807, 2.05) is 6.20 Å². The Morgan fingerprint density at radius 3 is 2.90 bits per heavy atom. The van der Waals surface area contributed by atoms with Gasteiger partial charge in [-0.15, -0.1) is 0 Å². The first-order chi connectivity index (χ1) is 9.61. The van der Waals surface area contributed by atoms with Gasteiger partial charge in [-0.2, -0.15) is 0 Å². The van der Waals surface area contributed by atoms with Gasteiger partial charge in [0.2, 0.25) is 0 Å². The highest BCUT2D eigenvalue weighted by atomic mass is 15.3. The zero-order valence-electron chi connectivity index (χ0n) is 13.3. The largest absolute Gasteiger partial charge is 0.368 e. The van der Waals surface area contributed by atoms with Crippen LogP contribution >= 0.6 is 0 Å². The molecule has 0 saturated carbocycles. The van der Waals surface area contributed by atoms with Crippen LogP contribution < -0.4 is 10.2 Å². The predicted octanol–water partition coefficient (Wildman–Crippen LogP) is 2.03. The van der Waals surface area contributed by atoms with Crippen molar-refractivity contribution in [2.75, 3.05) is 38.1 Å². The monoisotopic (exact) mass is 276 g/mol. The number of likely N-dealkylation sites (N-methyl/N-ethyl adjacent to an activating group) is 1. The van der Waals surface area contributed by atoms with Crippen LogP contribution in [-0.2, 0) is 6.54 Å². The molecule has 112 valence electrons. The Morgan fingerprint density at radius 2 is 2.20 bits per heavy atom. The van der Waals surface area contributed by atoms with Gasteiger partial charge in [0.05, 0.1) is 0 Å². The van der Waals surface area contributed by atoms with Crippen LogP contribution in [-0.4, -0.2) is 49.2 Å². The number of nitrogens with one attached hydrogen (secondary N) is 1. The molecule has 4 nitrogen and oxygen atoms in total. The Balaban J connectivity index is 2.14. The van der Waals surface area contributed by atoms with Crippen molar-refractivity contribution in [1.82, 2.24) is 15.2 Å². The first-order valence-electron chi connectivity index (χ1n) is 7.73. The highest BCUT2D eigenvalue weighted by Gasteiger charge is 2.22. The van der Waals surface area contributed by atoms with Gasteiger partial charge in [0, 0.05) is 55.4 Å². The van der Waals surface area contributed by atoms with Crippen LogP contribution in [0, 0.1) is 6.92 Å². The van der Waals surface area contributed by atoms with Gasteiger partial charge in [-0.3, -0.25) is 4.98 Å². The van der Waals surface area contributed by atoms with Crippen molar-refractivity contribution in [2.24, 2.45) is 0 Å². The molecule has 1 unspecified atom stereocenters. The zero-order chi connectivity index (χ0) is 14.5. The molecule has 1 N–H and O–H groups in total. The summed E-state index contributed by atoms with van der Waals surface area (Å²) in [5, 5.41) is 3.49. The van der Waals surface area contributed by atoms with Crippen LogP contribution in [0.25, 0.3) is 0 Å². The number of pyridine rings is 1. The Morgan fingerprint density at radius 1 is 1.40 bits per heavy atom. The molecule has 1 aliphatic heterocycles. The fourth-order valence-electron chi connectivity index (χ4n) is 2.67. The van der Waals surface area contributed by atoms with Gasteiger partial charge >= 0.3 is 0 Å². The lowest BCUT2D eigenvalue weighted by Crippen LogP contribution is -2.50. The van der Waals surface area contributed by atoms with Gasteiger partial charge in [0.1, 0.15) is 0 Å². The van der Waals surface area contributed by atoms with Crippen molar-refractivity contribution >= 4 is 5.69 Å². The molecular weight excluding hydrogens is 248 g/mol. The molecule has 1 aliphatic rings. The number of anilines is 1. The summed E-state index contributed by atoms with van der Waals surface area (Å²) in [6.45, 7) is 11.9. The Hall–Kier alpha value is -1.13. The van der Waals surface area contributed by atoms with Gasteiger partial charge in [-0.25, -0.2) is 0 Å². The van der Waals surface area contributed by atoms with Crippen LogP contribution in [0.3, 0.4) is 0 Å². The molecule has 0 spiro atoms. The summed E-state index contributed by atoms with van der Waals surface area (Å²) in [5.74, 6) is 0. The summed E-state index contributed by atoms with van der Waals surface area (Å²) in [6, 6.07) is 2.84. The van der Waals surface area contributed by atoms with Crippen molar-refractivity contribution in [3.05, 3.63) is 23.5 Å². The first-order valence-corrected chi connectivity index (χ1v) is 7.73. The van der Waals surface area contributed by atoms with Crippen LogP contribution in [0.15, 0.2) is 12.3 Å². The Bertz CT molecular complexity index is 432. The van der Waals surface area contributed by atoms with Crippen LogP contribution in [0.1, 0.15) is 31.5 Å². The number of aryl methyl sites for hydroxylation is 1. The lowest BCUT2D eigenvalue weighted by Gasteiger charge is -2.39. The lowest BCUT2D eigenvalue weighted by atomic mass is 10.1. The third kappa shape index (κ3) is 3.70. The van der Waals surface area contributed by atoms with Crippen molar-refractivity contribution in [2.45, 2.75) is 39.8 Å². The summed E-state index contributed by atoms with van der Waals surface area (Å²) in [4.78, 5) is 9.42. The molecule has 0 aromatic carbocycles. The molecule has 1 atom stereocenters. The molecule has 2 rings (SSSR count). The fraction of sp³-hybridized carbons (Fsp3) is 0.688. The second-order valence-corrected chi connectivity index (χ2v) is 5.91. The third-order valence-electron chi connectivity index (χ3n) is 4.14. The van der Waals surface area contributed by atoms with E-state index in [1.54, 1.807) is 0 Å². The standard InChI is InChI=1S/C16H28N4/c1-5-6-17-10-15-11-18-13(2)9-16(15)20-8-7-19(4)14(3)12-20/h9,11,14,17H,5-8,10,12H2,1-4H3. The highest BCUT2D eigenvalue weighted by Crippen LogP contribution is 2.23. The normalized spacial score (nSPS) is 20.4. The highest BCUT2D eigenvalue weighted by molar-refractivity contribution is 5.54. The van der Waals surface area contributed by atoms with E-state index < -0.39 is 0 Å². The van der Waals surface area contributed by atoms with Crippen molar-refractivity contribution in [3.8, 4) is 0 Å². The average Bonchev–Trinajstić information content (AvgIpc) is 2.44. The first kappa shape index (κ1) is 15.3. The number of aromatic nitrogens is 1. The smallest absolute Gasteiger partial charge is 0.0446 e. The van der Waals surface area contributed by atoms with Crippen LogP contribution in [0.5, 0.6) is 0 Å². The van der Waals surface area contributed by atoms with Crippen LogP contribution in [0.4, 0.5) is 5.69 Å². The number of hydrogen-bond acceptors (Lipinski definition) is 4. The van der Waals surface area contributed by atoms with E-state index in [9.17, 15) is 0 Å². The molecule has 20 heavy (non-hydrogen) atoms. The van der Waals surface area contributed by atoms with Crippen molar-refractivity contribution in [1.29, 1.82) is 0 Å². The number of hydrogen-bond donors (Lipinski definition) is 1. The van der Waals surface area contributed by atoms with Gasteiger partial charge in [0.15, 0.2) is 0 Å². The van der Waals surface area contributed by atoms with E-state index in [0.717, 1.165) is 38.4 Å². The van der Waals surface area contributed by atoms with E-state index in [0.29, 0.717) is 6.04 Å². The molecule has 0 bridgehead atoms. The molecule has 4 heteroatoms. The van der Waals surface area contributed by atoms with E-state index in [4.69, 9.17) is 0 Å². The van der Waals surface area contributed by atoms with E-state index in [-0.39, 0.29) is 0 Å². The van der Waals surface area contributed by atoms with Gasteiger partial charge in [-0.1, -0.05) is 6.92 Å². The van der Waals surface area contributed by atoms with Gasteiger partial charge < -0.3 is 15.1 Å². The molecule has 2 heterocycles. The maximum atomic E-state index is 4.47. The molecule has 1 fully saturated rings. The molecular formula is C16H28N4. The lowest BCUT2D eigenvalue weighted by molar-refractivity contribution is 0.234. The number of rotatable bonds is 5. The summed E-state index contributed by atoms with van der Waals surface area (Å²) in [7, 11) is 2.21. The minimum absolute atomic E-state index is 0.605. The van der Waals surface area contributed by atoms with Gasteiger partial charge in [-0.05, 0) is 39.9 Å². The second kappa shape index (κ2) is 7.04. The third-order valence-corrected chi connectivity index (χ3v) is 4.14. The van der Waals surface area contributed by atoms with Crippen LogP contribution in [0.2, 0.25) is 0 Å². The SMILES string of the molecule is CCCNCc1cnc(C)cc1N1CCN(C)C(C)C1. The number of piperazine rings is 1. The number of nitrogens with zero attached hydrogens (tertiary/aromatic N) is 3. The molecule has 0 aliphatic carbocycles. The Kier molecular flexibility index (Phi) is 5.38. The minimum atomic E-state index is 0.605. The van der Waals surface area contributed by atoms with Crippen molar-refractivity contribution < 1.29 is 0 Å². The summed E-state index contributed by atoms with van der Waals surface area (Å²) >= 11 is 0. The summed E-state index contributed by atoms with van der Waals surface area (Å²) < 4.78 is 0. The molecule has 0 radical (unpaired) electrons. The fourth-order valence-corrected chi connectivity index (χ4v) is 2.67. The summed E-state index contributed by atoms with van der Waals surface area (Å²) in [5.41, 5.74) is 3.78. The van der Waals surface area contributed by atoms with E-state index in [1.165, 1.54) is 17.7 Å². The quantitative estimate of drug-likeness (QED) is 0.834. The predicted molar refractivity (Wildman–Crippen MR) is 85.3 cm³/mol. The maximum Gasteiger partial charge on any atom is 0.0446 e. The molecule has 1 saturated heterocycles. The average molecular weight is 276 g/mol. The molecule has 1 aromatic heterocycles. The van der Waals surface area contributed by atoms with E-state index in [2.05, 4.69) is 54.0 Å². The zero-order valence-corrected chi connectivity index (χ0v) is 13.3. The molecule has 1 aromatic rings. The minimum Gasteiger partial charge on any atom is -0.368 e. The Labute approximate surface area is 123 Å². The van der Waals surface area contributed by atoms with E-state index >= 15 is 0 Å². The molecule has 0 amide bonds. The van der Waals surface area contributed by atoms with Gasteiger partial charge in [0.25, 0.3) is 0 Å². The second-order valence-electron chi connectivity index (χ2n) is 5.91.